The lowest BCUT2D eigenvalue weighted by Gasteiger charge is -2.16. The zero-order chi connectivity index (χ0) is 12.2. The molecule has 0 radical (unpaired) electrons. The Morgan fingerprint density at radius 3 is 2.62 bits per heavy atom. The molecule has 1 N–H and O–H groups in total. The van der Waals surface area contributed by atoms with Crippen LogP contribution in [0.2, 0.25) is 0 Å². The molecule has 0 aliphatic rings. The maximum atomic E-state index is 3.64. The molecule has 0 bridgehead atoms. The summed E-state index contributed by atoms with van der Waals surface area (Å²) >= 11 is 0. The molecule has 0 aliphatic carbocycles. The third-order valence-corrected chi connectivity index (χ3v) is 2.42. The van der Waals surface area contributed by atoms with Gasteiger partial charge in [0.15, 0.2) is 0 Å². The van der Waals surface area contributed by atoms with Crippen LogP contribution in [0.25, 0.3) is 0 Å². The topological polar surface area (TPSA) is 12.0 Å². The molecular formula is C15H25N. The highest BCUT2D eigenvalue weighted by Gasteiger charge is 2.02. The lowest BCUT2D eigenvalue weighted by Crippen LogP contribution is -2.25. The minimum Gasteiger partial charge on any atom is -0.383 e. The minimum absolute atomic E-state index is 0.436. The van der Waals surface area contributed by atoms with E-state index in [1.54, 1.807) is 6.08 Å². The molecule has 0 saturated heterocycles. The predicted molar refractivity (Wildman–Crippen MR) is 74.4 cm³/mol. The zero-order valence-electron chi connectivity index (χ0n) is 10.9. The van der Waals surface area contributed by atoms with E-state index in [0.717, 1.165) is 0 Å². The van der Waals surface area contributed by atoms with Crippen molar-refractivity contribution in [3.63, 3.8) is 0 Å². The molecule has 1 heteroatoms. The summed E-state index contributed by atoms with van der Waals surface area (Å²) < 4.78 is 0. The Labute approximate surface area is 101 Å². The summed E-state index contributed by atoms with van der Waals surface area (Å²) in [5.74, 6) is 0. The van der Waals surface area contributed by atoms with Gasteiger partial charge in [0.1, 0.15) is 0 Å². The summed E-state index contributed by atoms with van der Waals surface area (Å²) in [5, 5.41) is 3.49. The van der Waals surface area contributed by atoms with Crippen molar-refractivity contribution in [1.29, 1.82) is 0 Å². The minimum atomic E-state index is 0.436. The number of hydrogen-bond donors (Lipinski definition) is 1. The second-order valence-electron chi connectivity index (χ2n) is 3.87. The first-order chi connectivity index (χ1) is 7.74. The van der Waals surface area contributed by atoms with Crippen LogP contribution in [0, 0.1) is 0 Å². The smallest absolute Gasteiger partial charge is 0.0444 e. The molecule has 0 fully saturated rings. The first-order valence-electron chi connectivity index (χ1n) is 6.09. The molecule has 0 rings (SSSR count). The van der Waals surface area contributed by atoms with Crippen molar-refractivity contribution in [2.45, 2.75) is 46.1 Å². The van der Waals surface area contributed by atoms with Crippen LogP contribution in [-0.4, -0.2) is 6.04 Å². The van der Waals surface area contributed by atoms with E-state index in [1.165, 1.54) is 25.0 Å². The second kappa shape index (κ2) is 10.3. The molecule has 0 heterocycles. The number of rotatable bonds is 8. The molecule has 1 atom stereocenters. The van der Waals surface area contributed by atoms with E-state index >= 15 is 0 Å². The molecular weight excluding hydrogens is 194 g/mol. The van der Waals surface area contributed by atoms with Gasteiger partial charge in [-0.15, -0.1) is 0 Å². The van der Waals surface area contributed by atoms with E-state index in [4.69, 9.17) is 0 Å². The van der Waals surface area contributed by atoms with Gasteiger partial charge in [0.25, 0.3) is 0 Å². The van der Waals surface area contributed by atoms with Gasteiger partial charge >= 0.3 is 0 Å². The first kappa shape index (κ1) is 14.8. The third-order valence-electron chi connectivity index (χ3n) is 2.42. The number of hydrogen-bond acceptors (Lipinski definition) is 1. The largest absolute Gasteiger partial charge is 0.383 e. The van der Waals surface area contributed by atoms with Crippen LogP contribution in [-0.2, 0) is 0 Å². The Morgan fingerprint density at radius 1 is 1.31 bits per heavy atom. The normalized spacial score (nSPS) is 14.6. The maximum absolute atomic E-state index is 3.64. The number of unbranched alkanes of at least 4 members (excludes halogenated alkanes) is 1. The van der Waals surface area contributed by atoms with Crippen molar-refractivity contribution in [3.05, 3.63) is 48.7 Å². The number of nitrogens with one attached hydrogen (secondary N) is 1. The van der Waals surface area contributed by atoms with Crippen LogP contribution < -0.4 is 5.32 Å². The fourth-order valence-electron chi connectivity index (χ4n) is 1.36. The average Bonchev–Trinajstić information content (AvgIpc) is 2.30. The van der Waals surface area contributed by atoms with Gasteiger partial charge in [-0.25, -0.2) is 0 Å². The predicted octanol–water partition coefficient (Wildman–Crippen LogP) is 4.36. The molecule has 1 unspecified atom stereocenters. The van der Waals surface area contributed by atoms with Gasteiger partial charge in [-0.3, -0.25) is 0 Å². The Bertz CT molecular complexity index is 259. The van der Waals surface area contributed by atoms with Crippen LogP contribution in [0.4, 0.5) is 0 Å². The average molecular weight is 219 g/mol. The molecule has 16 heavy (non-hydrogen) atoms. The van der Waals surface area contributed by atoms with Crippen molar-refractivity contribution in [2.75, 3.05) is 0 Å². The van der Waals surface area contributed by atoms with E-state index in [9.17, 15) is 0 Å². The lowest BCUT2D eigenvalue weighted by molar-refractivity contribution is 0.580. The summed E-state index contributed by atoms with van der Waals surface area (Å²) in [6.45, 7) is 10.0. The molecule has 0 aromatic rings. The van der Waals surface area contributed by atoms with Crippen molar-refractivity contribution < 1.29 is 0 Å². The third kappa shape index (κ3) is 8.10. The lowest BCUT2D eigenvalue weighted by atomic mass is 10.1. The van der Waals surface area contributed by atoms with Gasteiger partial charge in [0.2, 0.25) is 0 Å². The van der Waals surface area contributed by atoms with Crippen LogP contribution in [0.3, 0.4) is 0 Å². The Morgan fingerprint density at radius 2 is 2.06 bits per heavy atom. The molecule has 90 valence electrons. The van der Waals surface area contributed by atoms with E-state index in [0.29, 0.717) is 6.04 Å². The summed E-state index contributed by atoms with van der Waals surface area (Å²) in [4.78, 5) is 0. The van der Waals surface area contributed by atoms with Crippen LogP contribution in [0.5, 0.6) is 0 Å². The summed E-state index contributed by atoms with van der Waals surface area (Å²) in [6.07, 6.45) is 15.8. The highest BCUT2D eigenvalue weighted by Crippen LogP contribution is 2.04. The van der Waals surface area contributed by atoms with Crippen molar-refractivity contribution >= 4 is 0 Å². The molecule has 0 aromatic heterocycles. The molecule has 0 spiro atoms. The Hall–Kier alpha value is -1.24. The standard InChI is InChI=1S/C15H25N/c1-5-8-10-11-13-15(12-9-6-2)16-14(4)7-3/h5,7-8,10-11,13,15-16H,1,6,9,12H2,2-4H3/b10-8-,13-11+,14-7+. The fraction of sp³-hybridized carbons (Fsp3) is 0.467. The van der Waals surface area contributed by atoms with E-state index < -0.39 is 0 Å². The maximum Gasteiger partial charge on any atom is 0.0444 e. The van der Waals surface area contributed by atoms with Crippen LogP contribution >= 0.6 is 0 Å². The quantitative estimate of drug-likeness (QED) is 0.598. The van der Waals surface area contributed by atoms with Gasteiger partial charge in [0.05, 0.1) is 0 Å². The molecule has 0 amide bonds. The van der Waals surface area contributed by atoms with Gasteiger partial charge in [-0.2, -0.15) is 0 Å². The first-order valence-corrected chi connectivity index (χ1v) is 6.09. The summed E-state index contributed by atoms with van der Waals surface area (Å²) in [5.41, 5.74) is 1.23. The van der Waals surface area contributed by atoms with Crippen LogP contribution in [0.1, 0.15) is 40.0 Å². The Kier molecular flexibility index (Phi) is 9.49. The van der Waals surface area contributed by atoms with E-state index in [2.05, 4.69) is 50.9 Å². The van der Waals surface area contributed by atoms with E-state index in [1.807, 2.05) is 12.2 Å². The highest BCUT2D eigenvalue weighted by atomic mass is 14.9. The molecule has 0 aromatic carbocycles. The van der Waals surface area contributed by atoms with Crippen molar-refractivity contribution in [3.8, 4) is 0 Å². The number of allylic oxidation sites excluding steroid dienone is 6. The van der Waals surface area contributed by atoms with Gasteiger partial charge in [-0.1, -0.05) is 62.8 Å². The highest BCUT2D eigenvalue weighted by molar-refractivity contribution is 5.12. The van der Waals surface area contributed by atoms with Crippen LogP contribution in [0.15, 0.2) is 48.7 Å². The molecule has 1 nitrogen and oxygen atoms in total. The van der Waals surface area contributed by atoms with Crippen molar-refractivity contribution in [2.24, 2.45) is 0 Å². The van der Waals surface area contributed by atoms with Gasteiger partial charge in [0, 0.05) is 11.7 Å². The summed E-state index contributed by atoms with van der Waals surface area (Å²) in [6, 6.07) is 0.436. The second-order valence-corrected chi connectivity index (χ2v) is 3.87. The SMILES string of the molecule is C=C/C=C\C=C\C(CCCC)N/C(C)=C/C. The fourth-order valence-corrected chi connectivity index (χ4v) is 1.36. The molecule has 0 aliphatic heterocycles. The van der Waals surface area contributed by atoms with Gasteiger partial charge in [-0.05, 0) is 20.3 Å². The van der Waals surface area contributed by atoms with E-state index in [-0.39, 0.29) is 0 Å². The van der Waals surface area contributed by atoms with Gasteiger partial charge < -0.3 is 5.32 Å². The summed E-state index contributed by atoms with van der Waals surface area (Å²) in [7, 11) is 0. The Balaban J connectivity index is 4.24. The van der Waals surface area contributed by atoms with Crippen molar-refractivity contribution in [1.82, 2.24) is 5.32 Å². The monoisotopic (exact) mass is 219 g/mol. The zero-order valence-corrected chi connectivity index (χ0v) is 10.9. The molecule has 0 saturated carbocycles.